The number of rotatable bonds is 2. The van der Waals surface area contributed by atoms with Crippen molar-refractivity contribution in [2.24, 2.45) is 5.73 Å². The van der Waals surface area contributed by atoms with Gasteiger partial charge in [-0.2, -0.15) is 0 Å². The Morgan fingerprint density at radius 3 is 2.38 bits per heavy atom. The van der Waals surface area contributed by atoms with Crippen LogP contribution >= 0.6 is 0 Å². The van der Waals surface area contributed by atoms with Crippen molar-refractivity contribution in [1.82, 2.24) is 0 Å². The van der Waals surface area contributed by atoms with Gasteiger partial charge in [0.15, 0.2) is 0 Å². The summed E-state index contributed by atoms with van der Waals surface area (Å²) in [7, 11) is 0. The molecule has 0 bridgehead atoms. The third kappa shape index (κ3) is 1.49. The number of nitrogens with two attached hydrogens (primary N) is 1. The Balaban J connectivity index is 2.44. The molecule has 0 spiro atoms. The highest BCUT2D eigenvalue weighted by molar-refractivity contribution is 5.38. The van der Waals surface area contributed by atoms with Gasteiger partial charge in [-0.25, -0.2) is 0 Å². The molecule has 0 heterocycles. The third-order valence-electron chi connectivity index (χ3n) is 2.91. The molecule has 1 aliphatic carbocycles. The Labute approximate surface area is 80.0 Å². The van der Waals surface area contributed by atoms with Crippen molar-refractivity contribution < 1.29 is 0 Å². The minimum atomic E-state index is 0.0147. The van der Waals surface area contributed by atoms with Gasteiger partial charge in [-0.05, 0) is 29.9 Å². The van der Waals surface area contributed by atoms with Crippen LogP contribution in [-0.4, -0.2) is 0 Å². The van der Waals surface area contributed by atoms with Gasteiger partial charge < -0.3 is 5.73 Å². The highest BCUT2D eigenvalue weighted by Gasteiger charge is 2.41. The Morgan fingerprint density at radius 1 is 1.23 bits per heavy atom. The van der Waals surface area contributed by atoms with Crippen LogP contribution in [-0.2, 0) is 5.54 Å². The van der Waals surface area contributed by atoms with Gasteiger partial charge in [0, 0.05) is 5.54 Å². The smallest absolute Gasteiger partial charge is 0.0414 e. The van der Waals surface area contributed by atoms with Gasteiger partial charge in [0.2, 0.25) is 0 Å². The fraction of sp³-hybridized carbons (Fsp3) is 0.500. The molecular formula is C12H17N. The summed E-state index contributed by atoms with van der Waals surface area (Å²) in [5, 5.41) is 0. The standard InChI is InChI=1S/C12H17N/c1-9(2)10-5-3-4-6-11(10)12(13)7-8-12/h3-6,9H,7-8,13H2,1-2H3. The maximum Gasteiger partial charge on any atom is 0.0414 e. The van der Waals surface area contributed by atoms with Crippen molar-refractivity contribution in [2.45, 2.75) is 38.1 Å². The van der Waals surface area contributed by atoms with Crippen molar-refractivity contribution in [2.75, 3.05) is 0 Å². The van der Waals surface area contributed by atoms with Crippen LogP contribution in [0, 0.1) is 0 Å². The summed E-state index contributed by atoms with van der Waals surface area (Å²) >= 11 is 0. The lowest BCUT2D eigenvalue weighted by Gasteiger charge is -2.17. The van der Waals surface area contributed by atoms with E-state index in [1.54, 1.807) is 0 Å². The van der Waals surface area contributed by atoms with Crippen molar-refractivity contribution in [1.29, 1.82) is 0 Å². The molecule has 1 aromatic rings. The van der Waals surface area contributed by atoms with Gasteiger partial charge in [0.1, 0.15) is 0 Å². The monoisotopic (exact) mass is 175 g/mol. The number of hydrogen-bond acceptors (Lipinski definition) is 1. The van der Waals surface area contributed by atoms with E-state index in [0.717, 1.165) is 12.8 Å². The zero-order valence-electron chi connectivity index (χ0n) is 8.38. The quantitative estimate of drug-likeness (QED) is 0.735. The molecule has 1 nitrogen and oxygen atoms in total. The van der Waals surface area contributed by atoms with Crippen LogP contribution in [0.15, 0.2) is 24.3 Å². The molecule has 2 rings (SSSR count). The van der Waals surface area contributed by atoms with Gasteiger partial charge >= 0.3 is 0 Å². The minimum Gasteiger partial charge on any atom is -0.321 e. The Bertz CT molecular complexity index is 311. The summed E-state index contributed by atoms with van der Waals surface area (Å²) in [6.07, 6.45) is 2.30. The molecule has 0 saturated heterocycles. The van der Waals surface area contributed by atoms with E-state index >= 15 is 0 Å². The van der Waals surface area contributed by atoms with Crippen molar-refractivity contribution >= 4 is 0 Å². The van der Waals surface area contributed by atoms with E-state index in [0.29, 0.717) is 5.92 Å². The molecule has 0 unspecified atom stereocenters. The van der Waals surface area contributed by atoms with Crippen molar-refractivity contribution in [3.05, 3.63) is 35.4 Å². The van der Waals surface area contributed by atoms with Crippen LogP contribution < -0.4 is 5.73 Å². The van der Waals surface area contributed by atoms with E-state index < -0.39 is 0 Å². The van der Waals surface area contributed by atoms with Crippen molar-refractivity contribution in [3.63, 3.8) is 0 Å². The molecule has 0 radical (unpaired) electrons. The summed E-state index contributed by atoms with van der Waals surface area (Å²) < 4.78 is 0. The predicted octanol–water partition coefficient (Wildman–Crippen LogP) is 2.76. The van der Waals surface area contributed by atoms with E-state index in [1.165, 1.54) is 11.1 Å². The Morgan fingerprint density at radius 2 is 1.85 bits per heavy atom. The average molecular weight is 175 g/mol. The highest BCUT2D eigenvalue weighted by Crippen LogP contribution is 2.45. The van der Waals surface area contributed by atoms with E-state index in [9.17, 15) is 0 Å². The number of benzene rings is 1. The highest BCUT2D eigenvalue weighted by atomic mass is 14.8. The first-order valence-corrected chi connectivity index (χ1v) is 5.02. The lowest BCUT2D eigenvalue weighted by Crippen LogP contribution is -2.20. The van der Waals surface area contributed by atoms with E-state index in [1.807, 2.05) is 0 Å². The molecule has 1 aromatic carbocycles. The summed E-state index contributed by atoms with van der Waals surface area (Å²) in [5.41, 5.74) is 9.01. The van der Waals surface area contributed by atoms with Gasteiger partial charge in [0.25, 0.3) is 0 Å². The summed E-state index contributed by atoms with van der Waals surface area (Å²) in [6, 6.07) is 8.58. The molecular weight excluding hydrogens is 158 g/mol. The molecule has 70 valence electrons. The normalized spacial score (nSPS) is 19.1. The molecule has 0 atom stereocenters. The van der Waals surface area contributed by atoms with Crippen molar-refractivity contribution in [3.8, 4) is 0 Å². The molecule has 0 aliphatic heterocycles. The second kappa shape index (κ2) is 2.85. The van der Waals surface area contributed by atoms with Gasteiger partial charge in [0.05, 0.1) is 0 Å². The zero-order valence-corrected chi connectivity index (χ0v) is 8.38. The molecule has 13 heavy (non-hydrogen) atoms. The fourth-order valence-electron chi connectivity index (χ4n) is 1.86. The SMILES string of the molecule is CC(C)c1ccccc1C1(N)CC1. The molecule has 1 aliphatic rings. The fourth-order valence-corrected chi connectivity index (χ4v) is 1.86. The minimum absolute atomic E-state index is 0.0147. The molecule has 0 aromatic heterocycles. The third-order valence-corrected chi connectivity index (χ3v) is 2.91. The Kier molecular flexibility index (Phi) is 1.92. The van der Waals surface area contributed by atoms with Gasteiger partial charge in [-0.1, -0.05) is 38.1 Å². The van der Waals surface area contributed by atoms with Crippen LogP contribution in [0.3, 0.4) is 0 Å². The zero-order chi connectivity index (χ0) is 9.47. The van der Waals surface area contributed by atoms with Crippen LogP contribution in [0.4, 0.5) is 0 Å². The summed E-state index contributed by atoms with van der Waals surface area (Å²) in [6.45, 7) is 4.45. The maximum atomic E-state index is 6.21. The van der Waals surface area contributed by atoms with Crippen LogP contribution in [0.25, 0.3) is 0 Å². The second-order valence-corrected chi connectivity index (χ2v) is 4.40. The summed E-state index contributed by atoms with van der Waals surface area (Å²) in [5.74, 6) is 0.581. The molecule has 0 amide bonds. The Hall–Kier alpha value is -0.820. The predicted molar refractivity (Wildman–Crippen MR) is 55.6 cm³/mol. The maximum absolute atomic E-state index is 6.21. The lowest BCUT2D eigenvalue weighted by molar-refractivity contribution is 0.708. The number of hydrogen-bond donors (Lipinski definition) is 1. The summed E-state index contributed by atoms with van der Waals surface area (Å²) in [4.78, 5) is 0. The second-order valence-electron chi connectivity index (χ2n) is 4.40. The first-order valence-electron chi connectivity index (χ1n) is 5.02. The van der Waals surface area contributed by atoms with Crippen LogP contribution in [0.1, 0.15) is 43.7 Å². The van der Waals surface area contributed by atoms with E-state index in [2.05, 4.69) is 38.1 Å². The molecule has 2 N–H and O–H groups in total. The van der Waals surface area contributed by atoms with Gasteiger partial charge in [-0.15, -0.1) is 0 Å². The van der Waals surface area contributed by atoms with E-state index in [-0.39, 0.29) is 5.54 Å². The van der Waals surface area contributed by atoms with Crippen LogP contribution in [0.2, 0.25) is 0 Å². The topological polar surface area (TPSA) is 26.0 Å². The first kappa shape index (κ1) is 8.76. The lowest BCUT2D eigenvalue weighted by atomic mass is 9.92. The molecule has 1 fully saturated rings. The molecule has 1 saturated carbocycles. The van der Waals surface area contributed by atoms with Gasteiger partial charge in [-0.3, -0.25) is 0 Å². The average Bonchev–Trinajstić information content (AvgIpc) is 2.85. The van der Waals surface area contributed by atoms with Crippen LogP contribution in [0.5, 0.6) is 0 Å². The van der Waals surface area contributed by atoms with E-state index in [4.69, 9.17) is 5.73 Å². The molecule has 1 heteroatoms. The largest absolute Gasteiger partial charge is 0.321 e. The first-order chi connectivity index (χ1) is 6.13.